The highest BCUT2D eigenvalue weighted by molar-refractivity contribution is 6.30. The molecule has 2 aromatic carbocycles. The van der Waals surface area contributed by atoms with E-state index in [1.165, 1.54) is 6.07 Å². The molecule has 0 radical (unpaired) electrons. The van der Waals surface area contributed by atoms with E-state index in [4.69, 9.17) is 11.6 Å². The third kappa shape index (κ3) is 3.95. The zero-order valence-corrected chi connectivity index (χ0v) is 18.9. The largest absolute Gasteiger partial charge is 0.368 e. The van der Waals surface area contributed by atoms with Gasteiger partial charge in [0.2, 0.25) is 5.91 Å². The number of carbonyl (C=O) groups excluding carboxylic acids is 1. The van der Waals surface area contributed by atoms with Crippen molar-refractivity contribution in [2.24, 2.45) is 0 Å². The molecule has 3 aromatic rings. The first-order chi connectivity index (χ1) is 15.5. The molecule has 1 amide bonds. The maximum absolute atomic E-state index is 14.5. The van der Waals surface area contributed by atoms with Gasteiger partial charge in [-0.25, -0.2) is 4.39 Å². The van der Waals surface area contributed by atoms with Gasteiger partial charge in [0.05, 0.1) is 23.8 Å². The zero-order valence-electron chi connectivity index (χ0n) is 18.1. The topological polar surface area (TPSA) is 53.4 Å². The van der Waals surface area contributed by atoms with E-state index in [0.29, 0.717) is 10.6 Å². The maximum Gasteiger partial charge on any atom is 0.239 e. The van der Waals surface area contributed by atoms with E-state index in [9.17, 15) is 9.18 Å². The normalized spacial score (nSPS) is 20.2. The lowest BCUT2D eigenvalue weighted by atomic mass is 10.1. The lowest BCUT2D eigenvalue weighted by Gasteiger charge is -2.37. The molecule has 2 aliphatic heterocycles. The number of anilines is 1. The third-order valence-electron chi connectivity index (χ3n) is 6.68. The zero-order chi connectivity index (χ0) is 22.2. The molecule has 8 heteroatoms. The predicted octanol–water partition coefficient (Wildman–Crippen LogP) is 3.84. The van der Waals surface area contributed by atoms with E-state index in [2.05, 4.69) is 33.5 Å². The number of amides is 1. The van der Waals surface area contributed by atoms with Crippen LogP contribution in [0.5, 0.6) is 0 Å². The van der Waals surface area contributed by atoms with Gasteiger partial charge >= 0.3 is 0 Å². The Labute approximate surface area is 191 Å². The number of hydrogen-bond donors (Lipinski definition) is 1. The summed E-state index contributed by atoms with van der Waals surface area (Å²) < 4.78 is 16.4. The van der Waals surface area contributed by atoms with Crippen molar-refractivity contribution < 1.29 is 9.18 Å². The second-order valence-corrected chi connectivity index (χ2v) is 9.07. The molecule has 2 atom stereocenters. The minimum absolute atomic E-state index is 0.0120. The summed E-state index contributed by atoms with van der Waals surface area (Å²) in [5.41, 5.74) is 2.60. The van der Waals surface area contributed by atoms with Gasteiger partial charge in [0, 0.05) is 47.8 Å². The summed E-state index contributed by atoms with van der Waals surface area (Å²) >= 11 is 5.92. The lowest BCUT2D eigenvalue weighted by Crippen LogP contribution is -2.53. The Balaban J connectivity index is 1.34. The standard InChI is InChI=1S/C24H27ClFN5O/c1-16(20-7-5-18(25)13-21(20)26)31-23-14-19(6-4-17(23)15-28-31)29-9-11-30(12-10-29)24(32)22-3-2-8-27-22/h4-7,13-16,22,27H,2-3,8-12H2,1H3. The van der Waals surface area contributed by atoms with Crippen LogP contribution in [0.1, 0.15) is 31.4 Å². The van der Waals surface area contributed by atoms with E-state index >= 15 is 0 Å². The molecule has 1 N–H and O–H groups in total. The van der Waals surface area contributed by atoms with Gasteiger partial charge in [-0.1, -0.05) is 17.7 Å². The molecule has 0 saturated carbocycles. The van der Waals surface area contributed by atoms with E-state index in [1.54, 1.807) is 12.1 Å². The van der Waals surface area contributed by atoms with Crippen molar-refractivity contribution in [1.29, 1.82) is 0 Å². The average Bonchev–Trinajstić information content (AvgIpc) is 3.48. The summed E-state index contributed by atoms with van der Waals surface area (Å²) in [6.45, 7) is 5.90. The molecule has 1 aromatic heterocycles. The van der Waals surface area contributed by atoms with Crippen LogP contribution in [0.3, 0.4) is 0 Å². The van der Waals surface area contributed by atoms with Crippen molar-refractivity contribution >= 4 is 34.1 Å². The molecule has 0 spiro atoms. The quantitative estimate of drug-likeness (QED) is 0.649. The number of piperazine rings is 1. The maximum atomic E-state index is 14.5. The van der Waals surface area contributed by atoms with E-state index in [1.807, 2.05) is 22.7 Å². The molecule has 0 bridgehead atoms. The molecule has 168 valence electrons. The average molecular weight is 456 g/mol. The lowest BCUT2D eigenvalue weighted by molar-refractivity contribution is -0.133. The number of rotatable bonds is 4. The number of aromatic nitrogens is 2. The van der Waals surface area contributed by atoms with E-state index in [-0.39, 0.29) is 23.8 Å². The highest BCUT2D eigenvalue weighted by Gasteiger charge is 2.29. The number of halogens is 2. The molecular formula is C24H27ClFN5O. The summed E-state index contributed by atoms with van der Waals surface area (Å²) in [5, 5.41) is 9.23. The highest BCUT2D eigenvalue weighted by atomic mass is 35.5. The summed E-state index contributed by atoms with van der Waals surface area (Å²) in [5.74, 6) is -0.100. The van der Waals surface area contributed by atoms with Gasteiger partial charge in [-0.3, -0.25) is 9.48 Å². The van der Waals surface area contributed by atoms with Crippen LogP contribution in [0.4, 0.5) is 10.1 Å². The summed E-state index contributed by atoms with van der Waals surface area (Å²) in [4.78, 5) is 17.0. The van der Waals surface area contributed by atoms with Crippen LogP contribution in [0, 0.1) is 5.82 Å². The molecule has 32 heavy (non-hydrogen) atoms. The summed E-state index contributed by atoms with van der Waals surface area (Å²) in [7, 11) is 0. The fourth-order valence-electron chi connectivity index (χ4n) is 4.80. The summed E-state index contributed by atoms with van der Waals surface area (Å²) in [6, 6.07) is 10.7. The molecule has 2 saturated heterocycles. The Morgan fingerprint density at radius 2 is 2.00 bits per heavy atom. The highest BCUT2D eigenvalue weighted by Crippen LogP contribution is 2.29. The number of nitrogens with zero attached hydrogens (tertiary/aromatic N) is 4. The Morgan fingerprint density at radius 1 is 1.19 bits per heavy atom. The van der Waals surface area contributed by atoms with Crippen molar-refractivity contribution in [3.8, 4) is 0 Å². The molecule has 2 aliphatic rings. The van der Waals surface area contributed by atoms with Crippen LogP contribution in [0.25, 0.3) is 10.9 Å². The number of benzene rings is 2. The predicted molar refractivity (Wildman–Crippen MR) is 125 cm³/mol. The Morgan fingerprint density at radius 3 is 2.72 bits per heavy atom. The first kappa shape index (κ1) is 21.2. The van der Waals surface area contributed by atoms with Gasteiger partial charge in [0.1, 0.15) is 5.82 Å². The van der Waals surface area contributed by atoms with Crippen molar-refractivity contribution in [3.05, 3.63) is 59.0 Å². The van der Waals surface area contributed by atoms with Gasteiger partial charge in [-0.2, -0.15) is 5.10 Å². The minimum Gasteiger partial charge on any atom is -0.368 e. The Kier molecular flexibility index (Phi) is 5.78. The van der Waals surface area contributed by atoms with Crippen LogP contribution in [0.2, 0.25) is 5.02 Å². The second-order valence-electron chi connectivity index (χ2n) is 8.64. The molecule has 6 nitrogen and oxygen atoms in total. The van der Waals surface area contributed by atoms with Crippen LogP contribution in [-0.4, -0.2) is 59.4 Å². The van der Waals surface area contributed by atoms with E-state index in [0.717, 1.165) is 62.2 Å². The van der Waals surface area contributed by atoms with Crippen LogP contribution in [-0.2, 0) is 4.79 Å². The third-order valence-corrected chi connectivity index (χ3v) is 6.91. The molecule has 3 heterocycles. The fourth-order valence-corrected chi connectivity index (χ4v) is 4.96. The first-order valence-electron chi connectivity index (χ1n) is 11.2. The number of nitrogens with one attached hydrogen (secondary N) is 1. The SMILES string of the molecule is CC(c1ccc(Cl)cc1F)n1ncc2ccc(N3CCN(C(=O)C4CCCN4)CC3)cc21. The Bertz CT molecular complexity index is 1130. The van der Waals surface area contributed by atoms with Crippen molar-refractivity contribution in [2.45, 2.75) is 31.8 Å². The number of fused-ring (bicyclic) bond motifs is 1. The van der Waals surface area contributed by atoms with Crippen molar-refractivity contribution in [3.63, 3.8) is 0 Å². The van der Waals surface area contributed by atoms with Crippen LogP contribution < -0.4 is 10.2 Å². The van der Waals surface area contributed by atoms with Crippen LogP contribution >= 0.6 is 11.6 Å². The van der Waals surface area contributed by atoms with Crippen LogP contribution in [0.15, 0.2) is 42.6 Å². The molecule has 5 rings (SSSR count). The van der Waals surface area contributed by atoms with Crippen molar-refractivity contribution in [2.75, 3.05) is 37.6 Å². The fraction of sp³-hybridized carbons (Fsp3) is 0.417. The van der Waals surface area contributed by atoms with Gasteiger partial charge in [-0.05, 0) is 56.6 Å². The second kappa shape index (κ2) is 8.71. The smallest absolute Gasteiger partial charge is 0.239 e. The van der Waals surface area contributed by atoms with Gasteiger partial charge in [0.25, 0.3) is 0 Å². The molecule has 2 unspecified atom stereocenters. The van der Waals surface area contributed by atoms with Gasteiger partial charge < -0.3 is 15.1 Å². The van der Waals surface area contributed by atoms with Gasteiger partial charge in [0.15, 0.2) is 0 Å². The van der Waals surface area contributed by atoms with E-state index < -0.39 is 0 Å². The Hall–Kier alpha value is -2.64. The molecular weight excluding hydrogens is 429 g/mol. The number of hydrogen-bond acceptors (Lipinski definition) is 4. The molecule has 2 fully saturated rings. The first-order valence-corrected chi connectivity index (χ1v) is 11.6. The minimum atomic E-state index is -0.331. The monoisotopic (exact) mass is 455 g/mol. The molecule has 0 aliphatic carbocycles. The van der Waals surface area contributed by atoms with Gasteiger partial charge in [-0.15, -0.1) is 0 Å². The number of carbonyl (C=O) groups is 1. The summed E-state index contributed by atoms with van der Waals surface area (Å²) in [6.07, 6.45) is 3.82. The van der Waals surface area contributed by atoms with Crippen molar-refractivity contribution in [1.82, 2.24) is 20.0 Å².